The molecule has 3 rings (SSSR count). The molecule has 0 fully saturated rings. The number of nitrogens with zero attached hydrogens (tertiary/aromatic N) is 1. The first-order valence-electron chi connectivity index (χ1n) is 9.10. The quantitative estimate of drug-likeness (QED) is 0.255. The Bertz CT molecular complexity index is 1020. The van der Waals surface area contributed by atoms with Gasteiger partial charge < -0.3 is 30.2 Å². The number of para-hydroxylation sites is 1. The topological polar surface area (TPSA) is 154 Å². The number of aliphatic hydroxyl groups excluding tert-OH is 1. The maximum Gasteiger partial charge on any atom is 0.469 e. The van der Waals surface area contributed by atoms with Gasteiger partial charge in [-0.2, -0.15) is 0 Å². The highest BCUT2D eigenvalue weighted by Gasteiger charge is 2.27. The molecule has 10 nitrogen and oxygen atoms in total. The van der Waals surface area contributed by atoms with Gasteiger partial charge in [0.1, 0.15) is 12.3 Å². The van der Waals surface area contributed by atoms with E-state index in [4.69, 9.17) is 9.79 Å². The van der Waals surface area contributed by atoms with Crippen LogP contribution >= 0.6 is 7.82 Å². The van der Waals surface area contributed by atoms with E-state index in [1.54, 1.807) is 6.92 Å². The highest BCUT2D eigenvalue weighted by atomic mass is 31.2. The third kappa shape index (κ3) is 5.17. The molecular weight excluding hydrogens is 413 g/mol. The van der Waals surface area contributed by atoms with Crippen LogP contribution in [-0.4, -0.2) is 51.4 Å². The molecule has 0 aliphatic carbocycles. The third-order valence-electron chi connectivity index (χ3n) is 4.79. The molecule has 2 heterocycles. The monoisotopic (exact) mass is 436 g/mol. The summed E-state index contributed by atoms with van der Waals surface area (Å²) in [6.45, 7) is 1.92. The van der Waals surface area contributed by atoms with E-state index in [-0.39, 0.29) is 29.2 Å². The molecule has 1 aromatic rings. The Morgan fingerprint density at radius 2 is 2.10 bits per heavy atom. The zero-order valence-corrected chi connectivity index (χ0v) is 17.1. The summed E-state index contributed by atoms with van der Waals surface area (Å²) >= 11 is 0. The maximum atomic E-state index is 11.8. The lowest BCUT2D eigenvalue weighted by Gasteiger charge is -2.18. The van der Waals surface area contributed by atoms with E-state index in [1.807, 2.05) is 29.2 Å². The zero-order valence-electron chi connectivity index (χ0n) is 16.2. The molecule has 6 N–H and O–H groups in total. The number of carboxylic acids is 1. The lowest BCUT2D eigenvalue weighted by Crippen LogP contribution is -2.71. The molecule has 11 heteroatoms. The van der Waals surface area contributed by atoms with Crippen molar-refractivity contribution in [3.8, 4) is 0 Å². The molecule has 1 aromatic carbocycles. The first-order chi connectivity index (χ1) is 14.2. The molecule has 0 unspecified atom stereocenters. The van der Waals surface area contributed by atoms with Crippen LogP contribution in [0, 0.1) is 0 Å². The Morgan fingerprint density at radius 3 is 2.80 bits per heavy atom. The van der Waals surface area contributed by atoms with Gasteiger partial charge in [-0.05, 0) is 25.0 Å². The van der Waals surface area contributed by atoms with Gasteiger partial charge >= 0.3 is 13.8 Å². The molecule has 0 atom stereocenters. The fourth-order valence-electron chi connectivity index (χ4n) is 3.23. The van der Waals surface area contributed by atoms with E-state index >= 15 is 0 Å². The van der Waals surface area contributed by atoms with Crippen molar-refractivity contribution in [1.82, 2.24) is 5.32 Å². The minimum Gasteiger partial charge on any atom is -0.505 e. The molecule has 0 spiro atoms. The summed E-state index contributed by atoms with van der Waals surface area (Å²) in [6.07, 6.45) is 3.54. The van der Waals surface area contributed by atoms with Crippen LogP contribution in [0.3, 0.4) is 0 Å². The zero-order chi connectivity index (χ0) is 21.9. The number of benzene rings is 1. The average Bonchev–Trinajstić information content (AvgIpc) is 3.09. The first-order valence-corrected chi connectivity index (χ1v) is 10.6. The lowest BCUT2D eigenvalue weighted by atomic mass is 10.0. The number of phosphoric acid groups is 1. The highest BCUT2D eigenvalue weighted by molar-refractivity contribution is 7.46. The van der Waals surface area contributed by atoms with Crippen molar-refractivity contribution >= 4 is 25.2 Å². The first kappa shape index (κ1) is 21.8. The summed E-state index contributed by atoms with van der Waals surface area (Å²) in [7, 11) is -4.72. The number of anilines is 1. The molecule has 2 aliphatic heterocycles. The van der Waals surface area contributed by atoms with Gasteiger partial charge in [-0.1, -0.05) is 18.2 Å². The Hall–Kier alpha value is -2.91. The third-order valence-corrected chi connectivity index (χ3v) is 5.25. The van der Waals surface area contributed by atoms with E-state index in [0.29, 0.717) is 12.2 Å². The van der Waals surface area contributed by atoms with Crippen LogP contribution in [0.2, 0.25) is 0 Å². The van der Waals surface area contributed by atoms with Gasteiger partial charge in [0.05, 0.1) is 17.9 Å². The Labute approximate surface area is 172 Å². The van der Waals surface area contributed by atoms with Gasteiger partial charge in [-0.25, -0.2) is 14.4 Å². The summed E-state index contributed by atoms with van der Waals surface area (Å²) in [4.78, 5) is 34.3. The van der Waals surface area contributed by atoms with Gasteiger partial charge in [0.2, 0.25) is 0 Å². The summed E-state index contributed by atoms with van der Waals surface area (Å²) < 4.78 is 15.5. The highest BCUT2D eigenvalue weighted by Crippen LogP contribution is 2.37. The number of phosphoric ester groups is 1. The van der Waals surface area contributed by atoms with Crippen molar-refractivity contribution < 1.29 is 38.9 Å². The van der Waals surface area contributed by atoms with Gasteiger partial charge in [-0.15, -0.1) is 0 Å². The van der Waals surface area contributed by atoms with Gasteiger partial charge in [0.25, 0.3) is 5.71 Å². The Morgan fingerprint density at radius 1 is 1.37 bits per heavy atom. The Kier molecular flexibility index (Phi) is 6.42. The largest absolute Gasteiger partial charge is 0.505 e. The number of dihydropyridines is 1. The van der Waals surface area contributed by atoms with E-state index in [9.17, 15) is 19.6 Å². The predicted molar refractivity (Wildman–Crippen MR) is 109 cm³/mol. The minimum absolute atomic E-state index is 0.0153. The van der Waals surface area contributed by atoms with Crippen LogP contribution in [0.15, 0.2) is 59.3 Å². The average molecular weight is 436 g/mol. The lowest BCUT2D eigenvalue weighted by molar-refractivity contribution is -0.374. The van der Waals surface area contributed by atoms with Crippen molar-refractivity contribution in [2.24, 2.45) is 0 Å². The van der Waals surface area contributed by atoms with Gasteiger partial charge in [0.15, 0.2) is 6.20 Å². The van der Waals surface area contributed by atoms with Crippen molar-refractivity contribution in [2.75, 3.05) is 24.6 Å². The minimum atomic E-state index is -4.72. The van der Waals surface area contributed by atoms with Crippen LogP contribution in [0.4, 0.5) is 5.69 Å². The molecule has 30 heavy (non-hydrogen) atoms. The maximum absolute atomic E-state index is 11.8. The molecule has 0 radical (unpaired) electrons. The van der Waals surface area contributed by atoms with Crippen LogP contribution in [0.5, 0.6) is 0 Å². The molecule has 2 aliphatic rings. The van der Waals surface area contributed by atoms with E-state index in [0.717, 1.165) is 17.7 Å². The summed E-state index contributed by atoms with van der Waals surface area (Å²) in [6, 6.07) is 7.77. The number of aliphatic hydroxyl groups is 1. The SMILES string of the molecule is CC1=C(O)/C(=C\[NH+]=C(CN2CCc3ccccc32)C(=O)O)C(COP(=O)(O)O)=CN1. The number of hydrogen-bond acceptors (Lipinski definition) is 6. The standard InChI is InChI=1S/C19H22N3O7P/c1-12-18(23)15(14(8-20-12)11-29-30(26,27)28)9-21-16(19(24)25)10-22-7-6-13-4-2-3-5-17(13)22/h2-5,8-9,20,23H,6-7,10-11H2,1H3,(H,24,25)(H2,26,27,28)/p+1/b15-9-,21-16?. The Balaban J connectivity index is 1.86. The predicted octanol–water partition coefficient (Wildman–Crippen LogP) is -0.0749. The number of allylic oxidation sites excluding steroid dienone is 2. The second kappa shape index (κ2) is 8.85. The van der Waals surface area contributed by atoms with Gasteiger partial charge in [0, 0.05) is 24.0 Å². The van der Waals surface area contributed by atoms with E-state index in [2.05, 4.69) is 14.8 Å². The number of hydrogen-bond donors (Lipinski definition) is 6. The van der Waals surface area contributed by atoms with Crippen molar-refractivity contribution in [1.29, 1.82) is 0 Å². The van der Waals surface area contributed by atoms with Crippen molar-refractivity contribution in [3.63, 3.8) is 0 Å². The smallest absolute Gasteiger partial charge is 0.469 e. The molecule has 160 valence electrons. The van der Waals surface area contributed by atoms with Crippen molar-refractivity contribution in [2.45, 2.75) is 13.3 Å². The summed E-state index contributed by atoms with van der Waals surface area (Å²) in [5.41, 5.74) is 2.91. The van der Waals surface area contributed by atoms with E-state index < -0.39 is 20.4 Å². The fraction of sp³-hybridized carbons (Fsp3) is 0.263. The fourth-order valence-corrected chi connectivity index (χ4v) is 3.53. The van der Waals surface area contributed by atoms with Crippen LogP contribution in [0.25, 0.3) is 0 Å². The van der Waals surface area contributed by atoms with E-state index in [1.165, 1.54) is 12.4 Å². The normalized spacial score (nSPS) is 18.4. The summed E-state index contributed by atoms with van der Waals surface area (Å²) in [5.74, 6) is -1.34. The number of rotatable bonds is 7. The molecule has 0 bridgehead atoms. The van der Waals surface area contributed by atoms with Gasteiger partial charge in [-0.3, -0.25) is 4.52 Å². The van der Waals surface area contributed by atoms with Crippen LogP contribution in [0.1, 0.15) is 12.5 Å². The van der Waals surface area contributed by atoms with Crippen LogP contribution in [-0.2, 0) is 20.3 Å². The van der Waals surface area contributed by atoms with Crippen LogP contribution < -0.4 is 15.2 Å². The number of carboxylic acid groups (broad SMARTS) is 1. The molecule has 0 amide bonds. The number of fused-ring (bicyclic) bond motifs is 1. The number of carbonyl (C=O) groups is 1. The number of nitrogens with one attached hydrogen (secondary N) is 2. The molecule has 0 saturated heterocycles. The molecule has 0 saturated carbocycles. The molecular formula is C19H23N3O7P+. The number of aliphatic carboxylic acids is 1. The molecule has 0 aromatic heterocycles. The van der Waals surface area contributed by atoms with Crippen molar-refractivity contribution in [3.05, 3.63) is 64.8 Å². The second-order valence-corrected chi connectivity index (χ2v) is 8.08. The summed E-state index contributed by atoms with van der Waals surface area (Å²) in [5, 5.41) is 22.7. The second-order valence-electron chi connectivity index (χ2n) is 6.84.